The Morgan fingerprint density at radius 1 is 1.39 bits per heavy atom. The highest BCUT2D eigenvalue weighted by Gasteiger charge is 2.29. The minimum Gasteiger partial charge on any atom is -0.394 e. The van der Waals surface area contributed by atoms with E-state index in [9.17, 15) is 5.11 Å². The van der Waals surface area contributed by atoms with Gasteiger partial charge in [0.05, 0.1) is 12.6 Å². The Balaban J connectivity index is 2.32. The summed E-state index contributed by atoms with van der Waals surface area (Å²) in [4.78, 5) is 4.57. The van der Waals surface area contributed by atoms with Crippen molar-refractivity contribution in [1.29, 1.82) is 0 Å². The van der Waals surface area contributed by atoms with Gasteiger partial charge in [-0.3, -0.25) is 4.90 Å². The van der Waals surface area contributed by atoms with E-state index in [0.29, 0.717) is 6.04 Å². The van der Waals surface area contributed by atoms with Gasteiger partial charge in [-0.25, -0.2) is 0 Å². The normalized spacial score (nSPS) is 25.5. The molecule has 2 atom stereocenters. The molecule has 1 aliphatic heterocycles. The molecule has 2 unspecified atom stereocenters. The lowest BCUT2D eigenvalue weighted by atomic mass is 10.1. The maximum absolute atomic E-state index is 9.59. The van der Waals surface area contributed by atoms with Gasteiger partial charge in [-0.1, -0.05) is 17.7 Å². The van der Waals surface area contributed by atoms with Crippen LogP contribution >= 0.6 is 11.6 Å². The summed E-state index contributed by atoms with van der Waals surface area (Å²) in [7, 11) is 2.11. The zero-order valence-corrected chi connectivity index (χ0v) is 12.0. The standard InChI is InChI=1S/C14H21ClN2O/c1-10-4-5-12(15)6-14(10)17-7-11(2)16(3)8-13(17)9-18/h4-6,11,13,18H,7-9H2,1-3H3. The zero-order chi connectivity index (χ0) is 13.3. The third kappa shape index (κ3) is 2.63. The van der Waals surface area contributed by atoms with Crippen LogP contribution in [0.15, 0.2) is 18.2 Å². The van der Waals surface area contributed by atoms with Crippen LogP contribution in [0.4, 0.5) is 5.69 Å². The Morgan fingerprint density at radius 2 is 2.11 bits per heavy atom. The molecule has 1 aromatic carbocycles. The topological polar surface area (TPSA) is 26.7 Å². The molecule has 100 valence electrons. The van der Waals surface area contributed by atoms with Gasteiger partial charge in [0.2, 0.25) is 0 Å². The van der Waals surface area contributed by atoms with E-state index in [0.717, 1.165) is 23.8 Å². The lowest BCUT2D eigenvalue weighted by Gasteiger charge is -2.45. The van der Waals surface area contributed by atoms with Crippen molar-refractivity contribution in [2.75, 3.05) is 31.6 Å². The molecule has 0 spiro atoms. The van der Waals surface area contributed by atoms with Crippen molar-refractivity contribution < 1.29 is 5.11 Å². The minimum atomic E-state index is 0.142. The molecule has 0 saturated carbocycles. The van der Waals surface area contributed by atoms with Crippen LogP contribution < -0.4 is 4.90 Å². The van der Waals surface area contributed by atoms with E-state index < -0.39 is 0 Å². The molecule has 2 rings (SSSR count). The first kappa shape index (κ1) is 13.7. The Bertz CT molecular complexity index is 424. The summed E-state index contributed by atoms with van der Waals surface area (Å²) in [5, 5.41) is 10.3. The van der Waals surface area contributed by atoms with E-state index in [4.69, 9.17) is 11.6 Å². The predicted octanol–water partition coefficient (Wildman–Crippen LogP) is 2.15. The molecule has 3 nitrogen and oxygen atoms in total. The molecule has 1 fully saturated rings. The maximum atomic E-state index is 9.59. The SMILES string of the molecule is Cc1ccc(Cl)cc1N1CC(C)N(C)CC1CO. The van der Waals surface area contributed by atoms with Gasteiger partial charge in [0.25, 0.3) is 0 Å². The second-order valence-electron chi connectivity index (χ2n) is 5.21. The van der Waals surface area contributed by atoms with E-state index in [2.05, 4.69) is 30.7 Å². The third-order valence-electron chi connectivity index (χ3n) is 3.84. The fourth-order valence-electron chi connectivity index (χ4n) is 2.53. The quantitative estimate of drug-likeness (QED) is 0.890. The molecule has 1 N–H and O–H groups in total. The van der Waals surface area contributed by atoms with Crippen LogP contribution in [0, 0.1) is 6.92 Å². The summed E-state index contributed by atoms with van der Waals surface area (Å²) in [5.41, 5.74) is 2.34. The van der Waals surface area contributed by atoms with Gasteiger partial charge in [0.15, 0.2) is 0 Å². The monoisotopic (exact) mass is 268 g/mol. The number of aliphatic hydroxyl groups excluding tert-OH is 1. The van der Waals surface area contributed by atoms with Crippen LogP contribution in [0.1, 0.15) is 12.5 Å². The average Bonchev–Trinajstić information content (AvgIpc) is 2.35. The highest BCUT2D eigenvalue weighted by molar-refractivity contribution is 6.30. The van der Waals surface area contributed by atoms with E-state index in [1.807, 2.05) is 18.2 Å². The molecule has 1 heterocycles. The lowest BCUT2D eigenvalue weighted by molar-refractivity contribution is 0.155. The van der Waals surface area contributed by atoms with Gasteiger partial charge in [-0.2, -0.15) is 0 Å². The largest absolute Gasteiger partial charge is 0.394 e. The van der Waals surface area contributed by atoms with Crippen molar-refractivity contribution in [3.63, 3.8) is 0 Å². The molecule has 18 heavy (non-hydrogen) atoms. The summed E-state index contributed by atoms with van der Waals surface area (Å²) >= 11 is 6.09. The van der Waals surface area contributed by atoms with Crippen LogP contribution in [0.3, 0.4) is 0 Å². The van der Waals surface area contributed by atoms with Gasteiger partial charge in [-0.15, -0.1) is 0 Å². The van der Waals surface area contributed by atoms with E-state index in [1.165, 1.54) is 5.56 Å². The number of hydrogen-bond donors (Lipinski definition) is 1. The molecule has 0 bridgehead atoms. The summed E-state index contributed by atoms with van der Waals surface area (Å²) < 4.78 is 0. The number of likely N-dealkylation sites (N-methyl/N-ethyl adjacent to an activating group) is 1. The fourth-order valence-corrected chi connectivity index (χ4v) is 2.69. The predicted molar refractivity (Wildman–Crippen MR) is 76.5 cm³/mol. The minimum absolute atomic E-state index is 0.142. The first-order chi connectivity index (χ1) is 8.52. The van der Waals surface area contributed by atoms with E-state index >= 15 is 0 Å². The van der Waals surface area contributed by atoms with Crippen molar-refractivity contribution in [3.05, 3.63) is 28.8 Å². The molecule has 0 amide bonds. The number of benzene rings is 1. The van der Waals surface area contributed by atoms with Gasteiger partial charge < -0.3 is 10.0 Å². The number of hydrogen-bond acceptors (Lipinski definition) is 3. The van der Waals surface area contributed by atoms with Crippen molar-refractivity contribution in [2.24, 2.45) is 0 Å². The second-order valence-corrected chi connectivity index (χ2v) is 5.64. The van der Waals surface area contributed by atoms with Crippen LogP contribution in [-0.4, -0.2) is 48.8 Å². The van der Waals surface area contributed by atoms with Crippen molar-refractivity contribution in [1.82, 2.24) is 4.90 Å². The summed E-state index contributed by atoms with van der Waals surface area (Å²) in [6.45, 7) is 6.26. The summed E-state index contributed by atoms with van der Waals surface area (Å²) in [6.07, 6.45) is 0. The number of halogens is 1. The first-order valence-corrected chi connectivity index (χ1v) is 6.74. The van der Waals surface area contributed by atoms with Crippen LogP contribution in [-0.2, 0) is 0 Å². The molecule has 1 aromatic rings. The summed E-state index contributed by atoms with van der Waals surface area (Å²) in [5.74, 6) is 0. The third-order valence-corrected chi connectivity index (χ3v) is 4.08. The number of aryl methyl sites for hydroxylation is 1. The van der Waals surface area contributed by atoms with Gasteiger partial charge >= 0.3 is 0 Å². The van der Waals surface area contributed by atoms with E-state index in [1.54, 1.807) is 0 Å². The Kier molecular flexibility index (Phi) is 4.15. The van der Waals surface area contributed by atoms with Gasteiger partial charge in [0, 0.05) is 29.8 Å². The number of piperazine rings is 1. The van der Waals surface area contributed by atoms with Crippen LogP contribution in [0.2, 0.25) is 5.02 Å². The van der Waals surface area contributed by atoms with E-state index in [-0.39, 0.29) is 12.6 Å². The molecule has 4 heteroatoms. The lowest BCUT2D eigenvalue weighted by Crippen LogP contribution is -2.57. The molecule has 0 aliphatic carbocycles. The smallest absolute Gasteiger partial charge is 0.0648 e. The highest BCUT2D eigenvalue weighted by atomic mass is 35.5. The maximum Gasteiger partial charge on any atom is 0.0648 e. The Labute approximate surface area is 114 Å². The molecular weight excluding hydrogens is 248 g/mol. The highest BCUT2D eigenvalue weighted by Crippen LogP contribution is 2.28. The average molecular weight is 269 g/mol. The first-order valence-electron chi connectivity index (χ1n) is 6.37. The van der Waals surface area contributed by atoms with Crippen LogP contribution in [0.5, 0.6) is 0 Å². The van der Waals surface area contributed by atoms with Gasteiger partial charge in [-0.05, 0) is 38.6 Å². The number of nitrogens with zero attached hydrogens (tertiary/aromatic N) is 2. The number of aliphatic hydroxyl groups is 1. The van der Waals surface area contributed by atoms with Crippen molar-refractivity contribution in [3.8, 4) is 0 Å². The number of rotatable bonds is 2. The fraction of sp³-hybridized carbons (Fsp3) is 0.571. The molecule has 1 saturated heterocycles. The van der Waals surface area contributed by atoms with Crippen molar-refractivity contribution in [2.45, 2.75) is 25.9 Å². The number of anilines is 1. The van der Waals surface area contributed by atoms with Gasteiger partial charge in [0.1, 0.15) is 0 Å². The Hall–Kier alpha value is -0.770. The zero-order valence-electron chi connectivity index (χ0n) is 11.2. The molecule has 0 aromatic heterocycles. The molecular formula is C14H21ClN2O. The second kappa shape index (κ2) is 5.47. The Morgan fingerprint density at radius 3 is 2.78 bits per heavy atom. The molecule has 1 aliphatic rings. The van der Waals surface area contributed by atoms with Crippen molar-refractivity contribution >= 4 is 17.3 Å². The molecule has 0 radical (unpaired) electrons. The summed E-state index contributed by atoms with van der Waals surface area (Å²) in [6, 6.07) is 6.56. The van der Waals surface area contributed by atoms with Crippen LogP contribution in [0.25, 0.3) is 0 Å².